The third-order valence-corrected chi connectivity index (χ3v) is 3.18. The summed E-state index contributed by atoms with van der Waals surface area (Å²) in [6.45, 7) is 7.46. The first-order valence-corrected chi connectivity index (χ1v) is 7.23. The maximum Gasteiger partial charge on any atom is 0.315 e. The molecule has 2 aromatic rings. The van der Waals surface area contributed by atoms with Crippen molar-refractivity contribution in [2.75, 3.05) is 19.4 Å². The van der Waals surface area contributed by atoms with Crippen molar-refractivity contribution >= 4 is 12.5 Å². The smallest absolute Gasteiger partial charge is 0.315 e. The quantitative estimate of drug-likeness (QED) is 0.817. The van der Waals surface area contributed by atoms with E-state index in [1.807, 2.05) is 19.0 Å². The predicted octanol–water partition coefficient (Wildman–Crippen LogP) is 2.37. The SMILES string of the molecule is Cc1cc(C)c(CNc2nnc(CN(C)C)o2)c(C)c1.O=CO. The first kappa shape index (κ1) is 18.6. The number of aryl methyl sites for hydroxylation is 3. The molecule has 0 unspecified atom stereocenters. The lowest BCUT2D eigenvalue weighted by Gasteiger charge is -2.11. The molecule has 7 heteroatoms. The zero-order valence-corrected chi connectivity index (χ0v) is 14.3. The summed E-state index contributed by atoms with van der Waals surface area (Å²) in [4.78, 5) is 10.4. The Bertz CT molecular complexity index is 615. The van der Waals surface area contributed by atoms with E-state index < -0.39 is 0 Å². The molecule has 0 aliphatic heterocycles. The second-order valence-corrected chi connectivity index (χ2v) is 5.57. The van der Waals surface area contributed by atoms with Gasteiger partial charge in [0, 0.05) is 6.54 Å². The second kappa shape index (κ2) is 8.89. The number of carboxylic acid groups (broad SMARTS) is 1. The Morgan fingerprint density at radius 1 is 1.22 bits per heavy atom. The van der Waals surface area contributed by atoms with Gasteiger partial charge in [-0.3, -0.25) is 4.79 Å². The summed E-state index contributed by atoms with van der Waals surface area (Å²) >= 11 is 0. The van der Waals surface area contributed by atoms with Crippen LogP contribution in [-0.4, -0.2) is 40.8 Å². The zero-order valence-electron chi connectivity index (χ0n) is 14.3. The van der Waals surface area contributed by atoms with Gasteiger partial charge in [-0.25, -0.2) is 0 Å². The van der Waals surface area contributed by atoms with Crippen LogP contribution in [0.2, 0.25) is 0 Å². The maximum absolute atomic E-state index is 8.36. The monoisotopic (exact) mass is 320 g/mol. The molecule has 0 radical (unpaired) electrons. The van der Waals surface area contributed by atoms with E-state index in [-0.39, 0.29) is 6.47 Å². The Hall–Kier alpha value is -2.41. The molecule has 0 saturated carbocycles. The molecule has 126 valence electrons. The lowest BCUT2D eigenvalue weighted by atomic mass is 10.00. The molecule has 0 amide bonds. The van der Waals surface area contributed by atoms with Crippen molar-refractivity contribution < 1.29 is 14.3 Å². The van der Waals surface area contributed by atoms with Crippen molar-refractivity contribution in [1.29, 1.82) is 0 Å². The maximum atomic E-state index is 8.36. The first-order chi connectivity index (χ1) is 10.9. The van der Waals surface area contributed by atoms with Gasteiger partial charge in [-0.05, 0) is 51.6 Å². The number of rotatable bonds is 5. The highest BCUT2D eigenvalue weighted by Gasteiger charge is 2.08. The molecule has 2 rings (SSSR count). The summed E-state index contributed by atoms with van der Waals surface area (Å²) in [6, 6.07) is 4.85. The van der Waals surface area contributed by atoms with Gasteiger partial charge in [0.15, 0.2) is 0 Å². The van der Waals surface area contributed by atoms with Gasteiger partial charge in [-0.15, -0.1) is 5.10 Å². The first-order valence-electron chi connectivity index (χ1n) is 7.23. The van der Waals surface area contributed by atoms with Crippen LogP contribution >= 0.6 is 0 Å². The van der Waals surface area contributed by atoms with E-state index >= 15 is 0 Å². The lowest BCUT2D eigenvalue weighted by Crippen LogP contribution is -2.10. The molecule has 1 heterocycles. The molecule has 0 aliphatic carbocycles. The molecular formula is C16H24N4O3. The van der Waals surface area contributed by atoms with E-state index in [0.717, 1.165) is 0 Å². The van der Waals surface area contributed by atoms with Gasteiger partial charge in [0.25, 0.3) is 6.47 Å². The molecule has 23 heavy (non-hydrogen) atoms. The van der Waals surface area contributed by atoms with E-state index in [1.165, 1.54) is 22.3 Å². The van der Waals surface area contributed by atoms with E-state index in [2.05, 4.69) is 48.4 Å². The van der Waals surface area contributed by atoms with Crippen molar-refractivity contribution in [3.05, 3.63) is 40.3 Å². The van der Waals surface area contributed by atoms with Gasteiger partial charge in [0.2, 0.25) is 5.89 Å². The number of hydrogen-bond donors (Lipinski definition) is 2. The Morgan fingerprint density at radius 2 is 1.78 bits per heavy atom. The highest BCUT2D eigenvalue weighted by atomic mass is 16.4. The minimum Gasteiger partial charge on any atom is -0.483 e. The number of aromatic nitrogens is 2. The molecule has 0 saturated heterocycles. The number of nitrogens with one attached hydrogen (secondary N) is 1. The number of hydrogen-bond acceptors (Lipinski definition) is 6. The van der Waals surface area contributed by atoms with Gasteiger partial charge in [0.1, 0.15) is 0 Å². The van der Waals surface area contributed by atoms with Crippen LogP contribution in [-0.2, 0) is 17.9 Å². The fraction of sp³-hybridized carbons (Fsp3) is 0.438. The Morgan fingerprint density at radius 3 is 2.30 bits per heavy atom. The van der Waals surface area contributed by atoms with Crippen LogP contribution in [0.3, 0.4) is 0 Å². The highest BCUT2D eigenvalue weighted by molar-refractivity contribution is 5.39. The topological polar surface area (TPSA) is 91.5 Å². The molecule has 0 spiro atoms. The standard InChI is InChI=1S/C15H22N4O.CH2O2/c1-10-6-11(2)13(12(3)7-10)8-16-15-18-17-14(20-15)9-19(4)5;2-1-3/h6-7H,8-9H2,1-5H3,(H,16,18);1H,(H,2,3). The van der Waals surface area contributed by atoms with Crippen molar-refractivity contribution in [3.8, 4) is 0 Å². The summed E-state index contributed by atoms with van der Waals surface area (Å²) in [5, 5.41) is 18.1. The van der Waals surface area contributed by atoms with Gasteiger partial charge in [-0.1, -0.05) is 22.8 Å². The Kier molecular flexibility index (Phi) is 7.21. The van der Waals surface area contributed by atoms with Crippen LogP contribution < -0.4 is 5.32 Å². The molecule has 1 aromatic heterocycles. The van der Waals surface area contributed by atoms with Crippen LogP contribution in [0.5, 0.6) is 0 Å². The lowest BCUT2D eigenvalue weighted by molar-refractivity contribution is -0.122. The third kappa shape index (κ3) is 6.07. The van der Waals surface area contributed by atoms with Gasteiger partial charge in [-0.2, -0.15) is 0 Å². The van der Waals surface area contributed by atoms with Crippen LogP contribution in [0.15, 0.2) is 16.5 Å². The van der Waals surface area contributed by atoms with Crippen LogP contribution in [0.25, 0.3) is 0 Å². The van der Waals surface area contributed by atoms with Crippen molar-refractivity contribution in [1.82, 2.24) is 15.1 Å². The average molecular weight is 320 g/mol. The third-order valence-electron chi connectivity index (χ3n) is 3.18. The van der Waals surface area contributed by atoms with Crippen molar-refractivity contribution in [2.45, 2.75) is 33.9 Å². The van der Waals surface area contributed by atoms with Crippen LogP contribution in [0.4, 0.5) is 6.01 Å². The molecular weight excluding hydrogens is 296 g/mol. The van der Waals surface area contributed by atoms with Crippen molar-refractivity contribution in [3.63, 3.8) is 0 Å². The second-order valence-electron chi connectivity index (χ2n) is 5.57. The summed E-state index contributed by atoms with van der Waals surface area (Å²) in [7, 11) is 3.94. The fourth-order valence-electron chi connectivity index (χ4n) is 2.31. The van der Waals surface area contributed by atoms with Gasteiger partial charge in [0.05, 0.1) is 6.54 Å². The Balaban J connectivity index is 0.000000816. The average Bonchev–Trinajstić information content (AvgIpc) is 2.85. The number of anilines is 1. The molecule has 7 nitrogen and oxygen atoms in total. The number of benzene rings is 1. The van der Waals surface area contributed by atoms with Gasteiger partial charge >= 0.3 is 6.01 Å². The molecule has 0 aliphatic rings. The van der Waals surface area contributed by atoms with Crippen LogP contribution in [0, 0.1) is 20.8 Å². The highest BCUT2D eigenvalue weighted by Crippen LogP contribution is 2.18. The summed E-state index contributed by atoms with van der Waals surface area (Å²) < 4.78 is 5.54. The summed E-state index contributed by atoms with van der Waals surface area (Å²) in [5.41, 5.74) is 5.13. The normalized spacial score (nSPS) is 10.2. The molecule has 0 bridgehead atoms. The minimum absolute atomic E-state index is 0.250. The zero-order chi connectivity index (χ0) is 17.4. The number of nitrogens with zero attached hydrogens (tertiary/aromatic N) is 3. The number of carbonyl (C=O) groups is 1. The van der Waals surface area contributed by atoms with E-state index in [9.17, 15) is 0 Å². The van der Waals surface area contributed by atoms with E-state index in [0.29, 0.717) is 25.0 Å². The van der Waals surface area contributed by atoms with Crippen molar-refractivity contribution in [2.24, 2.45) is 0 Å². The summed E-state index contributed by atoms with van der Waals surface area (Å²) in [5.74, 6) is 0.620. The fourth-order valence-corrected chi connectivity index (χ4v) is 2.31. The minimum atomic E-state index is -0.250. The largest absolute Gasteiger partial charge is 0.483 e. The molecule has 0 atom stereocenters. The van der Waals surface area contributed by atoms with E-state index in [4.69, 9.17) is 14.3 Å². The molecule has 1 aromatic carbocycles. The van der Waals surface area contributed by atoms with Gasteiger partial charge < -0.3 is 19.7 Å². The van der Waals surface area contributed by atoms with Crippen LogP contribution in [0.1, 0.15) is 28.1 Å². The van der Waals surface area contributed by atoms with E-state index in [1.54, 1.807) is 0 Å². The Labute approximate surface area is 136 Å². The summed E-state index contributed by atoms with van der Waals surface area (Å²) in [6.07, 6.45) is 0. The predicted molar refractivity (Wildman–Crippen MR) is 88.4 cm³/mol. The molecule has 0 fully saturated rings. The molecule has 2 N–H and O–H groups in total.